The van der Waals surface area contributed by atoms with Gasteiger partial charge in [0.25, 0.3) is 0 Å². The van der Waals surface area contributed by atoms with Gasteiger partial charge in [0, 0.05) is 5.56 Å². The van der Waals surface area contributed by atoms with E-state index in [0.717, 1.165) is 40.0 Å². The van der Waals surface area contributed by atoms with Crippen LogP contribution in [0.1, 0.15) is 45.7 Å². The molecule has 0 aromatic heterocycles. The number of ketones is 1. The maximum atomic E-state index is 11.9. The van der Waals surface area contributed by atoms with Crippen LogP contribution < -0.4 is 4.74 Å². The highest BCUT2D eigenvalue weighted by molar-refractivity contribution is 6.33. The van der Waals surface area contributed by atoms with E-state index in [2.05, 4.69) is 0 Å². The summed E-state index contributed by atoms with van der Waals surface area (Å²) in [5.74, 6) is 0.309. The van der Waals surface area contributed by atoms with Crippen molar-refractivity contribution < 1.29 is 19.1 Å². The van der Waals surface area contributed by atoms with E-state index in [-0.39, 0.29) is 5.78 Å². The first-order chi connectivity index (χ1) is 14.4. The van der Waals surface area contributed by atoms with E-state index in [1.165, 1.54) is 7.11 Å². The molecular weight excluding hydrogens is 400 g/mol. The summed E-state index contributed by atoms with van der Waals surface area (Å²) < 4.78 is 10.7. The number of esters is 1. The molecule has 0 atom stereocenters. The monoisotopic (exact) mass is 422 g/mol. The third kappa shape index (κ3) is 4.89. The number of carbonyl (C=O) groups excluding carboxylic acids is 2. The van der Waals surface area contributed by atoms with E-state index in [0.29, 0.717) is 17.2 Å². The summed E-state index contributed by atoms with van der Waals surface area (Å²) in [5, 5.41) is 0.353. The second-order valence-corrected chi connectivity index (χ2v) is 7.31. The van der Waals surface area contributed by atoms with Gasteiger partial charge in [0.05, 0.1) is 17.7 Å². The highest BCUT2D eigenvalue weighted by Crippen LogP contribution is 2.27. The van der Waals surface area contributed by atoms with Gasteiger partial charge in [-0.15, -0.1) is 0 Å². The van der Waals surface area contributed by atoms with E-state index in [1.807, 2.05) is 55.5 Å². The number of Topliss-reactive ketones (excluding diaryl/α,β-unsaturated/α-hetero) is 1. The molecule has 0 aliphatic carbocycles. The van der Waals surface area contributed by atoms with Crippen molar-refractivity contribution in [1.29, 1.82) is 0 Å². The highest BCUT2D eigenvalue weighted by Gasteiger charge is 2.12. The van der Waals surface area contributed by atoms with Crippen molar-refractivity contribution in [3.8, 4) is 16.9 Å². The van der Waals surface area contributed by atoms with Gasteiger partial charge in [-0.25, -0.2) is 4.79 Å². The fraction of sp³-hybridized carbons (Fsp3) is 0.200. The van der Waals surface area contributed by atoms with Crippen LogP contribution in [0.2, 0.25) is 5.02 Å². The summed E-state index contributed by atoms with van der Waals surface area (Å²) in [6.07, 6.45) is 0.765. The first-order valence-corrected chi connectivity index (χ1v) is 10.0. The third-order valence-corrected chi connectivity index (χ3v) is 5.20. The van der Waals surface area contributed by atoms with E-state index < -0.39 is 5.97 Å². The third-order valence-electron chi connectivity index (χ3n) is 4.87. The Morgan fingerprint density at radius 1 is 0.933 bits per heavy atom. The molecule has 0 aliphatic rings. The van der Waals surface area contributed by atoms with Crippen molar-refractivity contribution in [2.24, 2.45) is 0 Å². The fourth-order valence-corrected chi connectivity index (χ4v) is 3.47. The van der Waals surface area contributed by atoms with Crippen molar-refractivity contribution in [2.45, 2.75) is 26.9 Å². The topological polar surface area (TPSA) is 52.6 Å². The number of aryl methyl sites for hydroxylation is 1. The summed E-state index contributed by atoms with van der Waals surface area (Å²) in [6.45, 7) is 3.97. The molecule has 0 N–H and O–H groups in total. The van der Waals surface area contributed by atoms with Gasteiger partial charge in [0.2, 0.25) is 0 Å². The number of carbonyl (C=O) groups is 2. The van der Waals surface area contributed by atoms with Crippen molar-refractivity contribution in [2.75, 3.05) is 7.11 Å². The molecule has 0 radical (unpaired) electrons. The van der Waals surface area contributed by atoms with Gasteiger partial charge in [0.1, 0.15) is 12.4 Å². The predicted molar refractivity (Wildman–Crippen MR) is 118 cm³/mol. The summed E-state index contributed by atoms with van der Waals surface area (Å²) in [4.78, 5) is 23.6. The van der Waals surface area contributed by atoms with Crippen molar-refractivity contribution >= 4 is 23.4 Å². The number of benzene rings is 3. The molecule has 0 spiro atoms. The molecule has 5 heteroatoms. The molecule has 3 aromatic carbocycles. The van der Waals surface area contributed by atoms with Crippen molar-refractivity contribution in [3.63, 3.8) is 0 Å². The number of hydrogen-bond acceptors (Lipinski definition) is 4. The molecule has 0 bridgehead atoms. The molecule has 154 valence electrons. The SMILES string of the molecule is CCc1cc(OCc2cccc(-c3ccc(Cl)c(C(=O)OC)c3)c2)ccc1C(C)=O. The molecule has 0 saturated heterocycles. The Labute approximate surface area is 181 Å². The summed E-state index contributed by atoms with van der Waals surface area (Å²) in [7, 11) is 1.33. The maximum absolute atomic E-state index is 11.9. The first-order valence-electron chi connectivity index (χ1n) is 9.66. The normalized spacial score (nSPS) is 10.5. The minimum atomic E-state index is -0.470. The van der Waals surface area contributed by atoms with Crippen LogP contribution in [0, 0.1) is 0 Å². The Morgan fingerprint density at radius 2 is 1.70 bits per heavy atom. The quantitative estimate of drug-likeness (QED) is 0.339. The zero-order chi connectivity index (χ0) is 21.7. The molecule has 30 heavy (non-hydrogen) atoms. The van der Waals surface area contributed by atoms with Gasteiger partial charge >= 0.3 is 5.97 Å². The average molecular weight is 423 g/mol. The summed E-state index contributed by atoms with van der Waals surface area (Å²) in [6, 6.07) is 18.7. The van der Waals surface area contributed by atoms with Crippen LogP contribution in [0.25, 0.3) is 11.1 Å². The molecule has 0 heterocycles. The van der Waals surface area contributed by atoms with E-state index >= 15 is 0 Å². The number of methoxy groups -OCH3 is 1. The molecule has 0 fully saturated rings. The number of ether oxygens (including phenoxy) is 2. The molecule has 3 rings (SSSR count). The molecule has 3 aromatic rings. The van der Waals surface area contributed by atoms with Gasteiger partial charge in [-0.2, -0.15) is 0 Å². The van der Waals surface area contributed by atoms with Crippen molar-refractivity contribution in [3.05, 3.63) is 87.9 Å². The lowest BCUT2D eigenvalue weighted by atomic mass is 10.0. The number of hydrogen-bond donors (Lipinski definition) is 0. The lowest BCUT2D eigenvalue weighted by Crippen LogP contribution is -2.02. The second-order valence-electron chi connectivity index (χ2n) is 6.90. The molecule has 0 amide bonds. The van der Waals surface area contributed by atoms with Crippen LogP contribution in [-0.2, 0) is 17.8 Å². The van der Waals surface area contributed by atoms with Crippen LogP contribution in [0.4, 0.5) is 0 Å². The largest absolute Gasteiger partial charge is 0.489 e. The zero-order valence-electron chi connectivity index (χ0n) is 17.2. The standard InChI is InChI=1S/C25H23ClO4/c1-4-18-13-21(9-10-22(18)16(2)27)30-15-17-6-5-7-19(12-17)20-8-11-24(26)23(14-20)25(28)29-3/h5-14H,4,15H2,1-3H3. The van der Waals surface area contributed by atoms with Crippen LogP contribution in [0.3, 0.4) is 0 Å². The molecule has 0 aliphatic heterocycles. The Bertz CT molecular complexity index is 1090. The van der Waals surface area contributed by atoms with E-state index in [9.17, 15) is 9.59 Å². The summed E-state index contributed by atoms with van der Waals surface area (Å²) in [5.41, 5.74) is 4.83. The van der Waals surface area contributed by atoms with Gasteiger partial charge < -0.3 is 9.47 Å². The smallest absolute Gasteiger partial charge is 0.339 e. The fourth-order valence-electron chi connectivity index (χ4n) is 3.27. The lowest BCUT2D eigenvalue weighted by Gasteiger charge is -2.12. The summed E-state index contributed by atoms with van der Waals surface area (Å²) >= 11 is 6.12. The van der Waals surface area contributed by atoms with Gasteiger partial charge in [-0.05, 0) is 72.0 Å². The second kappa shape index (κ2) is 9.59. The van der Waals surface area contributed by atoms with Crippen LogP contribution >= 0.6 is 11.6 Å². The first kappa shape index (κ1) is 21.6. The van der Waals surface area contributed by atoms with E-state index in [1.54, 1.807) is 19.1 Å². The van der Waals surface area contributed by atoms with Gasteiger partial charge in [0.15, 0.2) is 5.78 Å². The van der Waals surface area contributed by atoms with Crippen molar-refractivity contribution in [1.82, 2.24) is 0 Å². The van der Waals surface area contributed by atoms with Gasteiger partial charge in [-0.3, -0.25) is 4.79 Å². The lowest BCUT2D eigenvalue weighted by molar-refractivity contribution is 0.0601. The zero-order valence-corrected chi connectivity index (χ0v) is 18.0. The minimum absolute atomic E-state index is 0.0559. The Kier molecular flexibility index (Phi) is 6.91. The van der Waals surface area contributed by atoms with Gasteiger partial charge in [-0.1, -0.05) is 42.8 Å². The maximum Gasteiger partial charge on any atom is 0.339 e. The molecule has 0 unspecified atom stereocenters. The Morgan fingerprint density at radius 3 is 2.40 bits per heavy atom. The highest BCUT2D eigenvalue weighted by atomic mass is 35.5. The Balaban J connectivity index is 1.80. The molecule has 4 nitrogen and oxygen atoms in total. The molecular formula is C25H23ClO4. The minimum Gasteiger partial charge on any atom is -0.489 e. The van der Waals surface area contributed by atoms with Crippen LogP contribution in [0.15, 0.2) is 60.7 Å². The molecule has 0 saturated carbocycles. The predicted octanol–water partition coefficient (Wildman–Crippen LogP) is 6.14. The van der Waals surface area contributed by atoms with Crippen LogP contribution in [0.5, 0.6) is 5.75 Å². The number of halogens is 1. The Hall–Kier alpha value is -3.11. The van der Waals surface area contributed by atoms with Crippen LogP contribution in [-0.4, -0.2) is 18.9 Å². The average Bonchev–Trinajstić information content (AvgIpc) is 2.77. The number of rotatable bonds is 7. The van der Waals surface area contributed by atoms with E-state index in [4.69, 9.17) is 21.1 Å².